The number of rotatable bonds is 5. The first kappa shape index (κ1) is 8.09. The normalized spacial score (nSPS) is 28.8. The molecule has 0 rings (SSSR count). The third kappa shape index (κ3) is 2.84. The van der Waals surface area contributed by atoms with Crippen molar-refractivity contribution in [1.82, 2.24) is 0 Å². The first-order valence-corrected chi connectivity index (χ1v) is 3.08. The monoisotopic (exact) mass is 182 g/mol. The second kappa shape index (κ2) is 5.18. The Hall–Kier alpha value is -0.530. The summed E-state index contributed by atoms with van der Waals surface area (Å²) in [6.07, 6.45) is -11.4. The Labute approximate surface area is 71.5 Å². The van der Waals surface area contributed by atoms with Gasteiger partial charge in [0.1, 0.15) is 24.4 Å². The summed E-state index contributed by atoms with van der Waals surface area (Å²) in [6.45, 7) is -1.10. The summed E-state index contributed by atoms with van der Waals surface area (Å²) >= 11 is 0. The lowest BCUT2D eigenvalue weighted by Gasteiger charge is -2.22. The Morgan fingerprint density at radius 1 is 1.25 bits per heavy atom. The molecule has 0 aromatic carbocycles. The van der Waals surface area contributed by atoms with Crippen molar-refractivity contribution in [2.24, 2.45) is 0 Å². The zero-order valence-corrected chi connectivity index (χ0v) is 6.08. The molecule has 6 nitrogen and oxygen atoms in total. The Morgan fingerprint density at radius 3 is 2.08 bits per heavy atom. The molecule has 4 atom stereocenters. The summed E-state index contributed by atoms with van der Waals surface area (Å²) in [5.74, 6) is 0. The van der Waals surface area contributed by atoms with Gasteiger partial charge in [-0.1, -0.05) is 0 Å². The highest BCUT2D eigenvalue weighted by Gasteiger charge is 2.29. The van der Waals surface area contributed by atoms with Crippen LogP contribution in [0, 0.1) is 0 Å². The van der Waals surface area contributed by atoms with Gasteiger partial charge in [0.05, 0.1) is 9.35 Å². The molecule has 0 spiro atoms. The maximum atomic E-state index is 10.0. The molecule has 12 heavy (non-hydrogen) atoms. The topological polar surface area (TPSA) is 118 Å². The van der Waals surface area contributed by atoms with Crippen LogP contribution in [-0.2, 0) is 4.79 Å². The van der Waals surface area contributed by atoms with Crippen molar-refractivity contribution >= 4 is 6.29 Å². The van der Waals surface area contributed by atoms with Crippen LogP contribution in [0.2, 0.25) is 0 Å². The molecule has 0 aromatic heterocycles. The van der Waals surface area contributed by atoms with Crippen LogP contribution in [0.1, 0.15) is 2.74 Å². The summed E-state index contributed by atoms with van der Waals surface area (Å²) in [4.78, 5) is 10.0. The molecule has 0 heterocycles. The van der Waals surface area contributed by atoms with E-state index in [1.807, 2.05) is 0 Å². The van der Waals surface area contributed by atoms with Crippen LogP contribution in [0.25, 0.3) is 0 Å². The van der Waals surface area contributed by atoms with Crippen LogP contribution in [0.15, 0.2) is 0 Å². The molecule has 0 saturated carbocycles. The van der Waals surface area contributed by atoms with Crippen LogP contribution in [0.4, 0.5) is 0 Å². The van der Waals surface area contributed by atoms with E-state index in [2.05, 4.69) is 0 Å². The Kier molecular flexibility index (Phi) is 3.49. The number of aliphatic hydroxyl groups is 5. The van der Waals surface area contributed by atoms with Crippen LogP contribution >= 0.6 is 0 Å². The van der Waals surface area contributed by atoms with Gasteiger partial charge in [0, 0.05) is 0 Å². The molecule has 0 radical (unpaired) electrons. The fourth-order valence-electron chi connectivity index (χ4n) is 0.473. The standard InChI is InChI=1S/C6H12O6/c7-1-3(9)5(11)6(12)4(10)2-8/h1,3-6,8-12H,2H2/t3-,4+,5+,6-/m0/s1/i5D,6D. The Balaban J connectivity index is 4.94. The van der Waals surface area contributed by atoms with Gasteiger partial charge < -0.3 is 30.3 Å². The maximum absolute atomic E-state index is 10.0. The Bertz CT molecular complexity index is 206. The van der Waals surface area contributed by atoms with Gasteiger partial charge in [-0.2, -0.15) is 0 Å². The van der Waals surface area contributed by atoms with E-state index in [1.165, 1.54) is 0 Å². The zero-order chi connectivity index (χ0) is 11.6. The minimum Gasteiger partial charge on any atom is -0.394 e. The number of hydrogen-bond acceptors (Lipinski definition) is 6. The predicted octanol–water partition coefficient (Wildman–Crippen LogP) is -3.38. The van der Waals surface area contributed by atoms with Crippen molar-refractivity contribution in [3.8, 4) is 0 Å². The molecule has 0 saturated heterocycles. The number of carbonyl (C=O) groups excluding carboxylic acids is 1. The minimum atomic E-state index is -3.32. The summed E-state index contributed by atoms with van der Waals surface area (Å²) < 4.78 is 13.9. The number of aliphatic hydroxyl groups excluding tert-OH is 3. The molecule has 0 aliphatic carbocycles. The van der Waals surface area contributed by atoms with E-state index in [0.717, 1.165) is 0 Å². The molecule has 0 fully saturated rings. The molecule has 0 aliphatic rings. The van der Waals surface area contributed by atoms with E-state index in [1.54, 1.807) is 0 Å². The average molecular weight is 182 g/mol. The number of carbonyl (C=O) groups is 1. The quantitative estimate of drug-likeness (QED) is 0.283. The summed E-state index contributed by atoms with van der Waals surface area (Å²) in [7, 11) is 0. The van der Waals surface area contributed by atoms with Gasteiger partial charge in [0.2, 0.25) is 0 Å². The molecule has 6 heteroatoms. The Morgan fingerprint density at radius 2 is 1.75 bits per heavy atom. The lowest BCUT2D eigenvalue weighted by molar-refractivity contribution is -0.136. The molecule has 0 unspecified atom stereocenters. The minimum absolute atomic E-state index is 0.267. The van der Waals surface area contributed by atoms with Crippen molar-refractivity contribution in [3.05, 3.63) is 0 Å². The van der Waals surface area contributed by atoms with E-state index in [-0.39, 0.29) is 6.29 Å². The van der Waals surface area contributed by atoms with Gasteiger partial charge in [-0.05, 0) is 0 Å². The molecule has 0 aromatic rings. The van der Waals surface area contributed by atoms with Gasteiger partial charge >= 0.3 is 0 Å². The molecular formula is C6H12O6. The fraction of sp³-hybridized carbons (Fsp3) is 0.833. The van der Waals surface area contributed by atoms with Gasteiger partial charge in [-0.25, -0.2) is 0 Å². The van der Waals surface area contributed by atoms with Crippen molar-refractivity contribution in [2.45, 2.75) is 24.4 Å². The number of aldehydes is 1. The summed E-state index contributed by atoms with van der Waals surface area (Å²) in [5.41, 5.74) is 0. The molecule has 0 amide bonds. The second-order valence-corrected chi connectivity index (χ2v) is 2.05. The highest BCUT2D eigenvalue weighted by atomic mass is 16.4. The van der Waals surface area contributed by atoms with Gasteiger partial charge in [0.25, 0.3) is 0 Å². The van der Waals surface area contributed by atoms with Crippen LogP contribution in [-0.4, -0.2) is 62.8 Å². The first-order chi connectivity index (χ1) is 6.21. The third-order valence-corrected chi connectivity index (χ3v) is 1.16. The fourth-order valence-corrected chi connectivity index (χ4v) is 0.473. The average Bonchev–Trinajstić information content (AvgIpc) is 2.14. The van der Waals surface area contributed by atoms with Gasteiger partial charge in [0.15, 0.2) is 6.29 Å². The second-order valence-electron chi connectivity index (χ2n) is 2.05. The van der Waals surface area contributed by atoms with E-state index in [4.69, 9.17) is 28.3 Å². The van der Waals surface area contributed by atoms with Crippen molar-refractivity contribution < 1.29 is 33.1 Å². The smallest absolute Gasteiger partial charge is 0.151 e. The van der Waals surface area contributed by atoms with Crippen LogP contribution < -0.4 is 0 Å². The van der Waals surface area contributed by atoms with E-state index in [0.29, 0.717) is 0 Å². The molecule has 72 valence electrons. The predicted molar refractivity (Wildman–Crippen MR) is 37.2 cm³/mol. The molecule has 0 aliphatic heterocycles. The van der Waals surface area contributed by atoms with E-state index >= 15 is 0 Å². The van der Waals surface area contributed by atoms with Crippen molar-refractivity contribution in [1.29, 1.82) is 0 Å². The molecular weight excluding hydrogens is 168 g/mol. The van der Waals surface area contributed by atoms with Crippen LogP contribution in [0.3, 0.4) is 0 Å². The highest BCUT2D eigenvalue weighted by molar-refractivity contribution is 5.56. The van der Waals surface area contributed by atoms with Gasteiger partial charge in [-0.15, -0.1) is 0 Å². The highest BCUT2D eigenvalue weighted by Crippen LogP contribution is 2.02. The lowest BCUT2D eigenvalue weighted by atomic mass is 10.0. The summed E-state index contributed by atoms with van der Waals surface area (Å²) in [5, 5.41) is 44.3. The van der Waals surface area contributed by atoms with Crippen molar-refractivity contribution in [3.63, 3.8) is 0 Å². The van der Waals surface area contributed by atoms with E-state index < -0.39 is 31.0 Å². The number of hydrogen-bond donors (Lipinski definition) is 5. The first-order valence-electron chi connectivity index (χ1n) is 4.08. The maximum Gasteiger partial charge on any atom is 0.151 e. The van der Waals surface area contributed by atoms with Gasteiger partial charge in [-0.3, -0.25) is 0 Å². The summed E-state index contributed by atoms with van der Waals surface area (Å²) in [6, 6.07) is 0. The lowest BCUT2D eigenvalue weighted by Crippen LogP contribution is -2.46. The molecule has 0 bridgehead atoms. The zero-order valence-electron chi connectivity index (χ0n) is 8.08. The largest absolute Gasteiger partial charge is 0.394 e. The van der Waals surface area contributed by atoms with E-state index in [9.17, 15) is 4.79 Å². The SMILES string of the molecule is [2H][C@](O)([C@H](O)CO)[C@]([2H])(O)[C@@H](O)C=O. The van der Waals surface area contributed by atoms with Crippen molar-refractivity contribution in [2.75, 3.05) is 6.61 Å². The third-order valence-electron chi connectivity index (χ3n) is 1.16. The molecule has 5 N–H and O–H groups in total. The van der Waals surface area contributed by atoms with Crippen LogP contribution in [0.5, 0.6) is 0 Å².